The summed E-state index contributed by atoms with van der Waals surface area (Å²) in [6.45, 7) is 0.255. The van der Waals surface area contributed by atoms with E-state index in [4.69, 9.17) is 6.42 Å². The van der Waals surface area contributed by atoms with E-state index in [-0.39, 0.29) is 24.8 Å². The number of terminal acetylenes is 1. The van der Waals surface area contributed by atoms with Crippen LogP contribution in [0.3, 0.4) is 0 Å². The van der Waals surface area contributed by atoms with Gasteiger partial charge < -0.3 is 10.6 Å². The molecule has 108 valence electrons. The van der Waals surface area contributed by atoms with Crippen LogP contribution in [0.1, 0.15) is 10.6 Å². The first-order valence-corrected chi connectivity index (χ1v) is 7.00. The molecule has 21 heavy (non-hydrogen) atoms. The summed E-state index contributed by atoms with van der Waals surface area (Å²) in [4.78, 5) is 11.4. The molecule has 1 aromatic carbocycles. The van der Waals surface area contributed by atoms with Crippen LogP contribution < -0.4 is 10.6 Å². The lowest BCUT2D eigenvalue weighted by atomic mass is 10.1. The molecule has 2 rings (SSSR count). The van der Waals surface area contributed by atoms with E-state index in [0.29, 0.717) is 22.1 Å². The molecule has 2 N–H and O–H groups in total. The number of anilines is 1. The van der Waals surface area contributed by atoms with Gasteiger partial charge in [0, 0.05) is 6.42 Å². The third-order valence-corrected chi connectivity index (χ3v) is 3.44. The van der Waals surface area contributed by atoms with E-state index < -0.39 is 0 Å². The topological polar surface area (TPSA) is 66.9 Å². The van der Waals surface area contributed by atoms with Gasteiger partial charge in [0.15, 0.2) is 0 Å². The molecule has 0 aliphatic heterocycles. The zero-order valence-corrected chi connectivity index (χ0v) is 11.9. The number of nitrogens with zero attached hydrogens (tertiary/aromatic N) is 2. The molecule has 0 aliphatic rings. The van der Waals surface area contributed by atoms with Crippen molar-refractivity contribution in [2.45, 2.75) is 6.42 Å². The Hall–Kier alpha value is -2.46. The Bertz CT molecular complexity index is 665. The van der Waals surface area contributed by atoms with Gasteiger partial charge in [0.25, 0.3) is 0 Å². The highest BCUT2D eigenvalue weighted by molar-refractivity contribution is 7.15. The third-order valence-electron chi connectivity index (χ3n) is 2.55. The molecule has 0 bridgehead atoms. The van der Waals surface area contributed by atoms with Crippen LogP contribution in [0.25, 0.3) is 0 Å². The fourth-order valence-electron chi connectivity index (χ4n) is 1.57. The summed E-state index contributed by atoms with van der Waals surface area (Å²) >= 11 is 1.28. The fourth-order valence-corrected chi connectivity index (χ4v) is 2.33. The number of aromatic nitrogens is 2. The summed E-state index contributed by atoms with van der Waals surface area (Å²) in [6.07, 6.45) is 5.41. The second kappa shape index (κ2) is 7.36. The summed E-state index contributed by atoms with van der Waals surface area (Å²) in [7, 11) is 0. The zero-order chi connectivity index (χ0) is 15.1. The predicted molar refractivity (Wildman–Crippen MR) is 79.4 cm³/mol. The quantitative estimate of drug-likeness (QED) is 0.792. The van der Waals surface area contributed by atoms with Crippen molar-refractivity contribution in [1.29, 1.82) is 0 Å². The number of carbonyl (C=O) groups is 1. The molecule has 1 aromatic heterocycles. The number of carbonyl (C=O) groups excluding carboxylic acids is 1. The number of nitrogens with one attached hydrogen (secondary N) is 2. The van der Waals surface area contributed by atoms with Crippen molar-refractivity contribution in [3.05, 3.63) is 40.7 Å². The number of benzene rings is 1. The first-order chi connectivity index (χ1) is 10.2. The van der Waals surface area contributed by atoms with Gasteiger partial charge in [0.2, 0.25) is 11.0 Å². The second-order valence-electron chi connectivity index (χ2n) is 4.10. The average molecular weight is 304 g/mol. The molecule has 0 saturated carbocycles. The van der Waals surface area contributed by atoms with Crippen molar-refractivity contribution in [3.63, 3.8) is 0 Å². The molecule has 0 aliphatic carbocycles. The van der Waals surface area contributed by atoms with Gasteiger partial charge in [0.1, 0.15) is 10.8 Å². The lowest BCUT2D eigenvalue weighted by Gasteiger charge is -2.01. The third kappa shape index (κ3) is 4.54. The van der Waals surface area contributed by atoms with Gasteiger partial charge in [-0.15, -0.1) is 16.6 Å². The smallest absolute Gasteiger partial charge is 0.240 e. The van der Waals surface area contributed by atoms with E-state index in [0.717, 1.165) is 0 Å². The summed E-state index contributed by atoms with van der Waals surface area (Å²) < 4.78 is 13.5. The van der Waals surface area contributed by atoms with Crippen molar-refractivity contribution < 1.29 is 9.18 Å². The molecule has 0 radical (unpaired) electrons. The van der Waals surface area contributed by atoms with Gasteiger partial charge in [-0.25, -0.2) is 4.39 Å². The van der Waals surface area contributed by atoms with Crippen molar-refractivity contribution in [2.24, 2.45) is 0 Å². The summed E-state index contributed by atoms with van der Waals surface area (Å²) in [5, 5.41) is 14.4. The van der Waals surface area contributed by atoms with E-state index in [1.807, 2.05) is 0 Å². The largest absolute Gasteiger partial charge is 0.351 e. The van der Waals surface area contributed by atoms with E-state index in [9.17, 15) is 9.18 Å². The molecule has 7 heteroatoms. The van der Waals surface area contributed by atoms with Gasteiger partial charge in [-0.3, -0.25) is 4.79 Å². The van der Waals surface area contributed by atoms with E-state index in [2.05, 4.69) is 26.8 Å². The summed E-state index contributed by atoms with van der Waals surface area (Å²) in [5.41, 5.74) is 0.562. The normalized spacial score (nSPS) is 9.90. The molecule has 5 nitrogen and oxygen atoms in total. The van der Waals surface area contributed by atoms with E-state index in [1.165, 1.54) is 17.4 Å². The van der Waals surface area contributed by atoms with Crippen LogP contribution in [0.4, 0.5) is 9.52 Å². The minimum Gasteiger partial charge on any atom is -0.351 e. The van der Waals surface area contributed by atoms with Crippen molar-refractivity contribution >= 4 is 22.4 Å². The van der Waals surface area contributed by atoms with Crippen LogP contribution in [-0.4, -0.2) is 29.2 Å². The number of hydrogen-bond donors (Lipinski definition) is 2. The maximum atomic E-state index is 13.5. The molecule has 0 spiro atoms. The Morgan fingerprint density at radius 2 is 2.19 bits per heavy atom. The van der Waals surface area contributed by atoms with Crippen LogP contribution in [-0.2, 0) is 11.2 Å². The molecule has 2 aromatic rings. The molecular formula is C14H13FN4OS. The van der Waals surface area contributed by atoms with Gasteiger partial charge in [-0.1, -0.05) is 35.5 Å². The van der Waals surface area contributed by atoms with E-state index in [1.54, 1.807) is 18.2 Å². The maximum absolute atomic E-state index is 13.5. The van der Waals surface area contributed by atoms with Crippen LogP contribution >= 0.6 is 11.3 Å². The van der Waals surface area contributed by atoms with Crippen molar-refractivity contribution in [3.8, 4) is 12.3 Å². The number of amides is 1. The summed E-state index contributed by atoms with van der Waals surface area (Å²) in [5.74, 6) is 1.82. The molecular weight excluding hydrogens is 291 g/mol. The van der Waals surface area contributed by atoms with Gasteiger partial charge in [-0.05, 0) is 11.6 Å². The van der Waals surface area contributed by atoms with Gasteiger partial charge in [-0.2, -0.15) is 0 Å². The molecule has 1 heterocycles. The highest BCUT2D eigenvalue weighted by Crippen LogP contribution is 2.19. The average Bonchev–Trinajstić information content (AvgIpc) is 2.93. The van der Waals surface area contributed by atoms with Crippen molar-refractivity contribution in [2.75, 3.05) is 18.4 Å². The first-order valence-electron chi connectivity index (χ1n) is 6.19. The lowest BCUT2D eigenvalue weighted by molar-refractivity contribution is -0.119. The monoisotopic (exact) mass is 304 g/mol. The van der Waals surface area contributed by atoms with Gasteiger partial charge in [0.05, 0.1) is 13.1 Å². The molecule has 1 amide bonds. The highest BCUT2D eigenvalue weighted by atomic mass is 32.1. The fraction of sp³-hybridized carbons (Fsp3) is 0.214. The Morgan fingerprint density at radius 3 is 2.95 bits per heavy atom. The Labute approximate surface area is 125 Å². The van der Waals surface area contributed by atoms with E-state index >= 15 is 0 Å². The Balaban J connectivity index is 1.89. The minimum atomic E-state index is -0.268. The molecule has 0 saturated heterocycles. The van der Waals surface area contributed by atoms with Crippen LogP contribution in [0, 0.1) is 18.2 Å². The Kier molecular flexibility index (Phi) is 5.23. The minimum absolute atomic E-state index is 0.0655. The lowest BCUT2D eigenvalue weighted by Crippen LogP contribution is -2.29. The molecule has 0 fully saturated rings. The summed E-state index contributed by atoms with van der Waals surface area (Å²) in [6, 6.07) is 6.53. The van der Waals surface area contributed by atoms with Crippen molar-refractivity contribution in [1.82, 2.24) is 15.5 Å². The first kappa shape index (κ1) is 14.9. The number of halogens is 1. The molecule has 0 atom stereocenters. The number of hydrogen-bond acceptors (Lipinski definition) is 5. The second-order valence-corrected chi connectivity index (χ2v) is 5.17. The zero-order valence-electron chi connectivity index (χ0n) is 11.1. The molecule has 0 unspecified atom stereocenters. The van der Waals surface area contributed by atoms with Crippen LogP contribution in [0.5, 0.6) is 0 Å². The standard InChI is InChI=1S/C14H13FN4OS/c1-2-7-16-12(20)9-17-14-19-18-13(21-14)8-10-5-3-4-6-11(10)15/h1,3-6H,7-9H2,(H,16,20)(H,17,19). The van der Waals surface area contributed by atoms with Crippen LogP contribution in [0.2, 0.25) is 0 Å². The van der Waals surface area contributed by atoms with Gasteiger partial charge >= 0.3 is 0 Å². The van der Waals surface area contributed by atoms with Crippen LogP contribution in [0.15, 0.2) is 24.3 Å². The Morgan fingerprint density at radius 1 is 1.38 bits per heavy atom. The number of rotatable bonds is 6. The highest BCUT2D eigenvalue weighted by Gasteiger charge is 2.09. The SMILES string of the molecule is C#CCNC(=O)CNc1nnc(Cc2ccccc2F)s1. The predicted octanol–water partition coefficient (Wildman–Crippen LogP) is 1.43. The maximum Gasteiger partial charge on any atom is 0.240 e.